The first kappa shape index (κ1) is 20.9. The van der Waals surface area contributed by atoms with Crippen molar-refractivity contribution in [1.82, 2.24) is 9.88 Å². The molecule has 0 unspecified atom stereocenters. The summed E-state index contributed by atoms with van der Waals surface area (Å²) in [4.78, 5) is 30.7. The second kappa shape index (κ2) is 9.11. The Bertz CT molecular complexity index is 1030. The predicted molar refractivity (Wildman–Crippen MR) is 112 cm³/mol. The fourth-order valence-corrected chi connectivity index (χ4v) is 3.63. The maximum Gasteiger partial charge on any atom is 0.260 e. The molecule has 2 amide bonds. The Morgan fingerprint density at radius 1 is 1.34 bits per heavy atom. The lowest BCUT2D eigenvalue weighted by molar-refractivity contribution is -0.129. The third-order valence-electron chi connectivity index (χ3n) is 4.28. The van der Waals surface area contributed by atoms with Crippen molar-refractivity contribution < 1.29 is 18.7 Å². The highest BCUT2D eigenvalue weighted by molar-refractivity contribution is 7.14. The number of aromatic nitrogens is 1. The predicted octanol–water partition coefficient (Wildman–Crippen LogP) is 4.16. The molecule has 3 rings (SSSR count). The Morgan fingerprint density at radius 2 is 2.14 bits per heavy atom. The zero-order chi connectivity index (χ0) is 21.0. The topological polar surface area (TPSA) is 84.7 Å². The van der Waals surface area contributed by atoms with E-state index in [4.69, 9.17) is 20.8 Å². The van der Waals surface area contributed by atoms with Crippen LogP contribution in [-0.4, -0.2) is 35.9 Å². The summed E-state index contributed by atoms with van der Waals surface area (Å²) in [6.07, 6.45) is 1.58. The number of benzene rings is 1. The van der Waals surface area contributed by atoms with Gasteiger partial charge in [0.25, 0.3) is 5.91 Å². The molecule has 3 aromatic rings. The molecule has 0 saturated heterocycles. The molecule has 29 heavy (non-hydrogen) atoms. The number of furan rings is 1. The number of rotatable bonds is 7. The van der Waals surface area contributed by atoms with E-state index in [0.29, 0.717) is 39.5 Å². The smallest absolute Gasteiger partial charge is 0.260 e. The van der Waals surface area contributed by atoms with Crippen LogP contribution >= 0.6 is 22.9 Å². The molecule has 0 radical (unpaired) electrons. The van der Waals surface area contributed by atoms with Gasteiger partial charge in [0.15, 0.2) is 5.13 Å². The largest absolute Gasteiger partial charge is 0.496 e. The number of thiazole rings is 1. The van der Waals surface area contributed by atoms with Crippen LogP contribution in [0.4, 0.5) is 5.13 Å². The molecule has 2 heterocycles. The third kappa shape index (κ3) is 5.16. The Balaban J connectivity index is 1.60. The van der Waals surface area contributed by atoms with Crippen molar-refractivity contribution in [2.24, 2.45) is 0 Å². The number of nitrogens with one attached hydrogen (secondary N) is 1. The van der Waals surface area contributed by atoms with E-state index < -0.39 is 0 Å². The molecule has 0 bridgehead atoms. The summed E-state index contributed by atoms with van der Waals surface area (Å²) < 4.78 is 10.5. The maximum absolute atomic E-state index is 12.6. The fourth-order valence-electron chi connectivity index (χ4n) is 2.73. The van der Waals surface area contributed by atoms with Crippen molar-refractivity contribution >= 4 is 39.9 Å². The van der Waals surface area contributed by atoms with Crippen molar-refractivity contribution in [1.29, 1.82) is 0 Å². The van der Waals surface area contributed by atoms with Gasteiger partial charge in [-0.3, -0.25) is 14.9 Å². The van der Waals surface area contributed by atoms with Crippen LogP contribution in [0.5, 0.6) is 5.75 Å². The Hall–Kier alpha value is -2.84. The minimum atomic E-state index is -0.298. The summed E-state index contributed by atoms with van der Waals surface area (Å²) in [7, 11) is 3.28. The lowest BCUT2D eigenvalue weighted by Gasteiger charge is -2.18. The van der Waals surface area contributed by atoms with Crippen LogP contribution in [0.2, 0.25) is 5.02 Å². The number of nitrogens with zero attached hydrogens (tertiary/aromatic N) is 2. The molecule has 1 N–H and O–H groups in total. The quantitative estimate of drug-likeness (QED) is 0.604. The molecule has 0 saturated carbocycles. The van der Waals surface area contributed by atoms with Gasteiger partial charge in [-0.2, -0.15) is 0 Å². The van der Waals surface area contributed by atoms with E-state index in [1.807, 2.05) is 0 Å². The number of carbonyl (C=O) groups is 2. The number of aryl methyl sites for hydroxylation is 1. The highest BCUT2D eigenvalue weighted by Crippen LogP contribution is 2.24. The zero-order valence-corrected chi connectivity index (χ0v) is 17.8. The van der Waals surface area contributed by atoms with Crippen LogP contribution in [-0.2, 0) is 17.8 Å². The number of hydrogen-bond donors (Lipinski definition) is 1. The van der Waals surface area contributed by atoms with Crippen LogP contribution in [0.1, 0.15) is 27.4 Å². The number of hydrogen-bond acceptors (Lipinski definition) is 6. The molecule has 1 aromatic carbocycles. The van der Waals surface area contributed by atoms with E-state index in [-0.39, 0.29) is 18.2 Å². The van der Waals surface area contributed by atoms with Gasteiger partial charge >= 0.3 is 0 Å². The van der Waals surface area contributed by atoms with Gasteiger partial charge in [-0.15, -0.1) is 11.3 Å². The molecule has 0 fully saturated rings. The van der Waals surface area contributed by atoms with Gasteiger partial charge < -0.3 is 14.1 Å². The van der Waals surface area contributed by atoms with Crippen LogP contribution < -0.4 is 10.1 Å². The average molecular weight is 434 g/mol. The van der Waals surface area contributed by atoms with Crippen LogP contribution in [0, 0.1) is 6.92 Å². The lowest BCUT2D eigenvalue weighted by Crippen LogP contribution is -2.28. The summed E-state index contributed by atoms with van der Waals surface area (Å²) in [5.74, 6) is 0.796. The minimum absolute atomic E-state index is 0.110. The normalized spacial score (nSPS) is 10.6. The molecule has 0 aliphatic carbocycles. The molecule has 7 nitrogen and oxygen atoms in total. The number of amides is 2. The molecule has 0 atom stereocenters. The first-order valence-corrected chi connectivity index (χ1v) is 9.99. The summed E-state index contributed by atoms with van der Waals surface area (Å²) in [6, 6.07) is 6.88. The van der Waals surface area contributed by atoms with Gasteiger partial charge in [0.1, 0.15) is 11.5 Å². The molecular formula is C20H20ClN3O4S. The van der Waals surface area contributed by atoms with E-state index in [0.717, 1.165) is 5.56 Å². The number of methoxy groups -OCH3 is 1. The summed E-state index contributed by atoms with van der Waals surface area (Å²) >= 11 is 7.31. The van der Waals surface area contributed by atoms with Gasteiger partial charge in [-0.25, -0.2) is 4.98 Å². The lowest BCUT2D eigenvalue weighted by atomic mass is 10.2. The van der Waals surface area contributed by atoms with Gasteiger partial charge in [0, 0.05) is 29.6 Å². The van der Waals surface area contributed by atoms with E-state index in [9.17, 15) is 9.59 Å². The van der Waals surface area contributed by atoms with Crippen LogP contribution in [0.25, 0.3) is 0 Å². The fraction of sp³-hybridized carbons (Fsp3) is 0.250. The second-order valence-electron chi connectivity index (χ2n) is 6.37. The minimum Gasteiger partial charge on any atom is -0.496 e. The molecule has 9 heteroatoms. The molecule has 152 valence electrons. The van der Waals surface area contributed by atoms with Gasteiger partial charge in [-0.1, -0.05) is 11.6 Å². The molecule has 0 aliphatic rings. The summed E-state index contributed by atoms with van der Waals surface area (Å²) in [5, 5.41) is 5.48. The summed E-state index contributed by atoms with van der Waals surface area (Å²) in [5.41, 5.74) is 1.86. The third-order valence-corrected chi connectivity index (χ3v) is 5.33. The van der Waals surface area contributed by atoms with Crippen molar-refractivity contribution in [2.45, 2.75) is 19.9 Å². The van der Waals surface area contributed by atoms with Crippen LogP contribution in [0.15, 0.2) is 40.3 Å². The number of carbonyl (C=O) groups excluding carboxylic acids is 2. The Morgan fingerprint density at radius 3 is 2.83 bits per heavy atom. The van der Waals surface area contributed by atoms with E-state index >= 15 is 0 Å². The van der Waals surface area contributed by atoms with E-state index in [2.05, 4.69) is 10.3 Å². The number of ether oxygens (including phenoxy) is 1. The molecular weight excluding hydrogens is 414 g/mol. The second-order valence-corrected chi connectivity index (χ2v) is 7.67. The highest BCUT2D eigenvalue weighted by Gasteiger charge is 2.17. The van der Waals surface area contributed by atoms with Crippen LogP contribution in [0.3, 0.4) is 0 Å². The number of likely N-dealkylation sites (N-methyl/N-ethyl adjacent to an activating group) is 1. The summed E-state index contributed by atoms with van der Waals surface area (Å²) in [6.45, 7) is 2.07. The molecule has 2 aromatic heterocycles. The molecule has 0 aliphatic heterocycles. The zero-order valence-electron chi connectivity index (χ0n) is 16.2. The van der Waals surface area contributed by atoms with Crippen molar-refractivity contribution in [2.75, 3.05) is 19.5 Å². The Labute approximate surface area is 177 Å². The highest BCUT2D eigenvalue weighted by atomic mass is 35.5. The molecule has 0 spiro atoms. The average Bonchev–Trinajstić information content (AvgIpc) is 3.30. The SMILES string of the molecule is COc1ccc(Cl)cc1CN(C)C(=O)Cc1csc(NC(=O)c2ccoc2C)n1. The van der Waals surface area contributed by atoms with Crippen molar-refractivity contribution in [3.63, 3.8) is 0 Å². The van der Waals surface area contributed by atoms with Crippen molar-refractivity contribution in [3.8, 4) is 5.75 Å². The Kier molecular flexibility index (Phi) is 6.56. The monoisotopic (exact) mass is 433 g/mol. The van der Waals surface area contributed by atoms with Gasteiger partial charge in [0.2, 0.25) is 5.91 Å². The van der Waals surface area contributed by atoms with E-state index in [1.54, 1.807) is 55.6 Å². The van der Waals surface area contributed by atoms with Crippen molar-refractivity contribution in [3.05, 3.63) is 63.5 Å². The number of anilines is 1. The first-order valence-electron chi connectivity index (χ1n) is 8.73. The number of halogens is 1. The van der Waals surface area contributed by atoms with Gasteiger partial charge in [-0.05, 0) is 31.2 Å². The van der Waals surface area contributed by atoms with E-state index in [1.165, 1.54) is 17.6 Å². The maximum atomic E-state index is 12.6. The first-order chi connectivity index (χ1) is 13.9. The standard InChI is InChI=1S/C20H20ClN3O4S/c1-12-16(6-7-28-12)19(26)23-20-22-15(11-29-20)9-18(25)24(2)10-13-8-14(21)4-5-17(13)27-3/h4-8,11H,9-10H2,1-3H3,(H,22,23,26). The van der Waals surface area contributed by atoms with Gasteiger partial charge in [0.05, 0.1) is 31.1 Å².